The molecular weight excluding hydrogens is 288 g/mol. The van der Waals surface area contributed by atoms with Crippen LogP contribution < -0.4 is 0 Å². The zero-order valence-electron chi connectivity index (χ0n) is 15.4. The molecule has 0 aliphatic heterocycles. The van der Waals surface area contributed by atoms with Gasteiger partial charge < -0.3 is 0 Å². The Hall–Kier alpha value is -1.82. The maximum Gasteiger partial charge on any atom is 0.0310 e. The smallest absolute Gasteiger partial charge is 0.0310 e. The van der Waals surface area contributed by atoms with E-state index in [4.69, 9.17) is 0 Å². The highest BCUT2D eigenvalue weighted by Gasteiger charge is 2.30. The van der Waals surface area contributed by atoms with Crippen molar-refractivity contribution >= 4 is 5.57 Å². The average Bonchev–Trinajstić information content (AvgIpc) is 2.92. The second kappa shape index (κ2) is 7.83. The van der Waals surface area contributed by atoms with E-state index in [1.165, 1.54) is 60.8 Å². The monoisotopic (exact) mass is 318 g/mol. The predicted octanol–water partition coefficient (Wildman–Crippen LogP) is 7.27. The summed E-state index contributed by atoms with van der Waals surface area (Å²) in [5.41, 5.74) is 9.18. The van der Waals surface area contributed by atoms with E-state index < -0.39 is 0 Å². The van der Waals surface area contributed by atoms with Crippen molar-refractivity contribution < 1.29 is 0 Å². The van der Waals surface area contributed by atoms with E-state index in [1.54, 1.807) is 11.1 Å². The van der Waals surface area contributed by atoms with Crippen molar-refractivity contribution in [2.24, 2.45) is 0 Å². The Bertz CT molecular complexity index is 703. The molecule has 0 radical (unpaired) electrons. The molecule has 0 saturated heterocycles. The van der Waals surface area contributed by atoms with Crippen LogP contribution in [0.15, 0.2) is 54.1 Å². The first kappa shape index (κ1) is 17.0. The maximum atomic E-state index is 2.35. The molecule has 3 rings (SSSR count). The van der Waals surface area contributed by atoms with Crippen LogP contribution in [0.25, 0.3) is 5.57 Å². The minimum absolute atomic E-state index is 0.472. The van der Waals surface area contributed by atoms with Crippen molar-refractivity contribution in [3.63, 3.8) is 0 Å². The van der Waals surface area contributed by atoms with E-state index in [-0.39, 0.29) is 0 Å². The number of aryl methyl sites for hydroxylation is 1. The normalized spacial score (nSPS) is 16.5. The fraction of sp³-hybridized carbons (Fsp3) is 0.417. The molecular formula is C24H30. The Morgan fingerprint density at radius 2 is 1.46 bits per heavy atom. The van der Waals surface area contributed by atoms with Crippen molar-refractivity contribution in [2.45, 2.75) is 65.2 Å². The highest BCUT2D eigenvalue weighted by atomic mass is 14.3. The molecule has 0 bridgehead atoms. The minimum atomic E-state index is 0.472. The number of fused-ring (bicyclic) bond motifs is 1. The molecule has 0 N–H and O–H groups in total. The van der Waals surface area contributed by atoms with Crippen molar-refractivity contribution in [2.75, 3.05) is 0 Å². The van der Waals surface area contributed by atoms with Gasteiger partial charge in [-0.2, -0.15) is 0 Å². The molecule has 0 saturated carbocycles. The second-order valence-corrected chi connectivity index (χ2v) is 7.14. The molecule has 0 amide bonds. The third-order valence-corrected chi connectivity index (χ3v) is 5.32. The predicted molar refractivity (Wildman–Crippen MR) is 105 cm³/mol. The van der Waals surface area contributed by atoms with Crippen LogP contribution in [-0.4, -0.2) is 0 Å². The zero-order valence-corrected chi connectivity index (χ0v) is 15.4. The average molecular weight is 319 g/mol. The molecule has 0 aromatic heterocycles. The molecule has 0 heteroatoms. The summed E-state index contributed by atoms with van der Waals surface area (Å²) in [6.07, 6.45) is 7.59. The van der Waals surface area contributed by atoms with Crippen LogP contribution in [0.2, 0.25) is 0 Å². The third-order valence-electron chi connectivity index (χ3n) is 5.32. The van der Waals surface area contributed by atoms with Gasteiger partial charge in [0.15, 0.2) is 0 Å². The van der Waals surface area contributed by atoms with Crippen LogP contribution in [-0.2, 0) is 0 Å². The first-order valence-electron chi connectivity index (χ1n) is 9.64. The van der Waals surface area contributed by atoms with Crippen molar-refractivity contribution in [3.8, 4) is 0 Å². The number of benzene rings is 2. The molecule has 2 aromatic rings. The molecule has 0 spiro atoms. The van der Waals surface area contributed by atoms with Gasteiger partial charge in [-0.1, -0.05) is 86.4 Å². The van der Waals surface area contributed by atoms with Gasteiger partial charge in [0.25, 0.3) is 0 Å². The van der Waals surface area contributed by atoms with Gasteiger partial charge in [0.05, 0.1) is 0 Å². The second-order valence-electron chi connectivity index (χ2n) is 7.14. The van der Waals surface area contributed by atoms with Crippen LogP contribution in [0.3, 0.4) is 0 Å². The topological polar surface area (TPSA) is 0 Å². The molecule has 1 unspecified atom stereocenters. The van der Waals surface area contributed by atoms with Gasteiger partial charge in [0.2, 0.25) is 0 Å². The third kappa shape index (κ3) is 3.34. The van der Waals surface area contributed by atoms with Crippen LogP contribution >= 0.6 is 0 Å². The van der Waals surface area contributed by atoms with Crippen LogP contribution in [0.5, 0.6) is 0 Å². The van der Waals surface area contributed by atoms with Gasteiger partial charge in [0.1, 0.15) is 0 Å². The Morgan fingerprint density at radius 1 is 0.792 bits per heavy atom. The van der Waals surface area contributed by atoms with Gasteiger partial charge in [-0.15, -0.1) is 0 Å². The molecule has 126 valence electrons. The fourth-order valence-electron chi connectivity index (χ4n) is 4.01. The summed E-state index contributed by atoms with van der Waals surface area (Å²) in [5, 5.41) is 0. The standard InChI is InChI=1S/C24H30/c1-4-6-10-20-21-12-8-9-13-23(21)24(22(20)11-7-5-2)19-16-14-18(3)15-17-19/h8-9,12-17,24H,4-7,10-11H2,1-3H3. The quantitative estimate of drug-likeness (QED) is 0.503. The number of hydrogen-bond acceptors (Lipinski definition) is 0. The number of hydrogen-bond donors (Lipinski definition) is 0. The summed E-state index contributed by atoms with van der Waals surface area (Å²) >= 11 is 0. The van der Waals surface area contributed by atoms with Crippen molar-refractivity contribution in [1.82, 2.24) is 0 Å². The van der Waals surface area contributed by atoms with Crippen LogP contribution in [0.4, 0.5) is 0 Å². The molecule has 0 fully saturated rings. The number of unbranched alkanes of at least 4 members (excludes halogenated alkanes) is 2. The van der Waals surface area contributed by atoms with Crippen LogP contribution in [0.1, 0.15) is 80.5 Å². The first-order valence-corrected chi connectivity index (χ1v) is 9.64. The molecule has 1 atom stereocenters. The molecule has 0 nitrogen and oxygen atoms in total. The summed E-state index contributed by atoms with van der Waals surface area (Å²) in [5.74, 6) is 0.472. The van der Waals surface area contributed by atoms with E-state index in [0.29, 0.717) is 5.92 Å². The summed E-state index contributed by atoms with van der Waals surface area (Å²) in [4.78, 5) is 0. The Balaban J connectivity index is 2.08. The first-order chi connectivity index (χ1) is 11.8. The molecule has 2 aromatic carbocycles. The lowest BCUT2D eigenvalue weighted by Crippen LogP contribution is -2.02. The van der Waals surface area contributed by atoms with E-state index in [1.807, 2.05) is 0 Å². The van der Waals surface area contributed by atoms with Crippen LogP contribution in [0, 0.1) is 6.92 Å². The summed E-state index contributed by atoms with van der Waals surface area (Å²) < 4.78 is 0. The van der Waals surface area contributed by atoms with Gasteiger partial charge in [0, 0.05) is 5.92 Å². The number of allylic oxidation sites excluding steroid dienone is 2. The Morgan fingerprint density at radius 3 is 2.17 bits per heavy atom. The Kier molecular flexibility index (Phi) is 5.56. The fourth-order valence-corrected chi connectivity index (χ4v) is 4.01. The molecule has 1 aliphatic carbocycles. The summed E-state index contributed by atoms with van der Waals surface area (Å²) in [6.45, 7) is 6.77. The lowest BCUT2D eigenvalue weighted by atomic mass is 9.85. The Labute approximate surface area is 147 Å². The molecule has 0 heterocycles. The SMILES string of the molecule is CCCCC1=C(CCCC)C(c2ccc(C)cc2)c2ccccc21. The van der Waals surface area contributed by atoms with Gasteiger partial charge in [-0.05, 0) is 54.9 Å². The largest absolute Gasteiger partial charge is 0.0654 e. The van der Waals surface area contributed by atoms with E-state index in [9.17, 15) is 0 Å². The van der Waals surface area contributed by atoms with Crippen molar-refractivity contribution in [3.05, 3.63) is 76.4 Å². The summed E-state index contributed by atoms with van der Waals surface area (Å²) in [6, 6.07) is 18.3. The van der Waals surface area contributed by atoms with E-state index >= 15 is 0 Å². The molecule has 24 heavy (non-hydrogen) atoms. The van der Waals surface area contributed by atoms with Crippen molar-refractivity contribution in [1.29, 1.82) is 0 Å². The molecule has 1 aliphatic rings. The maximum absolute atomic E-state index is 2.35. The van der Waals surface area contributed by atoms with E-state index in [0.717, 1.165) is 0 Å². The lowest BCUT2D eigenvalue weighted by molar-refractivity contribution is 0.746. The minimum Gasteiger partial charge on any atom is -0.0654 e. The van der Waals surface area contributed by atoms with Gasteiger partial charge in [-0.25, -0.2) is 0 Å². The van der Waals surface area contributed by atoms with E-state index in [2.05, 4.69) is 69.3 Å². The summed E-state index contributed by atoms with van der Waals surface area (Å²) in [7, 11) is 0. The lowest BCUT2D eigenvalue weighted by Gasteiger charge is -2.18. The van der Waals surface area contributed by atoms with Gasteiger partial charge >= 0.3 is 0 Å². The number of rotatable bonds is 7. The highest BCUT2D eigenvalue weighted by Crippen LogP contribution is 2.49. The van der Waals surface area contributed by atoms with Gasteiger partial charge in [-0.3, -0.25) is 0 Å². The highest BCUT2D eigenvalue weighted by molar-refractivity contribution is 5.80. The zero-order chi connectivity index (χ0) is 16.9.